The van der Waals surface area contributed by atoms with Gasteiger partial charge in [-0.05, 0) is 19.3 Å². The number of ketones is 1. The highest BCUT2D eigenvalue weighted by molar-refractivity contribution is 5.79. The maximum absolute atomic E-state index is 13.2. The Balaban J connectivity index is 2.24. The molecule has 2 aliphatic heterocycles. The van der Waals surface area contributed by atoms with Gasteiger partial charge in [-0.25, -0.2) is 0 Å². The second-order valence-corrected chi connectivity index (χ2v) is 15.0. The Morgan fingerprint density at radius 3 is 1.12 bits per heavy atom. The van der Waals surface area contributed by atoms with Crippen molar-refractivity contribution in [3.63, 3.8) is 0 Å². The van der Waals surface area contributed by atoms with Crippen LogP contribution < -0.4 is 36.0 Å². The van der Waals surface area contributed by atoms with E-state index in [2.05, 4.69) is 5.32 Å². The molecule has 3 N–H and O–H groups in total. The van der Waals surface area contributed by atoms with Gasteiger partial charge in [-0.1, -0.05) is 0 Å². The van der Waals surface area contributed by atoms with Gasteiger partial charge in [0.1, 0.15) is 5.78 Å². The number of amides is 1. The molecule has 2 heterocycles. The first-order valence-corrected chi connectivity index (χ1v) is 18.8. The number of rotatable bonds is 28. The fourth-order valence-electron chi connectivity index (χ4n) is 7.82. The first kappa shape index (κ1) is 50.8. The van der Waals surface area contributed by atoms with Crippen LogP contribution in [0.4, 0.5) is 0 Å². The third kappa shape index (κ3) is 18.3. The fourth-order valence-corrected chi connectivity index (χ4v) is 7.82. The van der Waals surface area contributed by atoms with Crippen LogP contribution in [0.5, 0.6) is 0 Å². The summed E-state index contributed by atoms with van der Waals surface area (Å²) >= 11 is 0. The van der Waals surface area contributed by atoms with Gasteiger partial charge < -0.3 is 74.9 Å². The predicted molar refractivity (Wildman–Crippen MR) is 185 cm³/mol. The highest BCUT2D eigenvalue weighted by Gasteiger charge is 2.44. The summed E-state index contributed by atoms with van der Waals surface area (Å²) in [7, 11) is 0. The number of aliphatic carboxylic acids is 8. The zero-order valence-electron chi connectivity index (χ0n) is 32.9. The number of Topliss-reactive ketones (excluding diaryl/α,β-unsaturated/α-hetero) is 1. The number of nitrogens with one attached hydrogen (secondary N) is 1. The maximum atomic E-state index is 13.2. The molecule has 2 aliphatic rings. The summed E-state index contributed by atoms with van der Waals surface area (Å²) in [5.41, 5.74) is -3.23. The molecule has 0 saturated carbocycles. The smallest absolute Gasteiger partial charge is 0.317 e. The van der Waals surface area contributed by atoms with Crippen molar-refractivity contribution in [3.8, 4) is 0 Å². The molecule has 0 aromatic heterocycles. The van der Waals surface area contributed by atoms with Gasteiger partial charge >= 0.3 is 11.9 Å². The summed E-state index contributed by atoms with van der Waals surface area (Å²) in [4.78, 5) is 127. The molecular weight excluding hydrogens is 806 g/mol. The van der Waals surface area contributed by atoms with Crippen molar-refractivity contribution in [1.29, 1.82) is 0 Å². The number of carbonyl (C=O) groups is 10. The molecule has 0 unspecified atom stereocenters. The van der Waals surface area contributed by atoms with E-state index in [4.69, 9.17) is 0 Å². The molecule has 0 atom stereocenters. The molecule has 25 heteroatoms. The Hall–Kier alpha value is -5.34. The maximum Gasteiger partial charge on any atom is 0.317 e. The van der Waals surface area contributed by atoms with Gasteiger partial charge in [-0.3, -0.25) is 48.6 Å². The Kier molecular flexibility index (Phi) is 20.4. The second-order valence-electron chi connectivity index (χ2n) is 15.0. The zero-order chi connectivity index (χ0) is 45.2. The van der Waals surface area contributed by atoms with Crippen molar-refractivity contribution in [2.75, 3.05) is 111 Å². The average molecular weight is 856 g/mol. The van der Waals surface area contributed by atoms with Crippen LogP contribution >= 0.6 is 0 Å². The van der Waals surface area contributed by atoms with Gasteiger partial charge in [0.15, 0.2) is 0 Å². The second kappa shape index (κ2) is 24.0. The summed E-state index contributed by atoms with van der Waals surface area (Å²) in [5.74, 6) is -13.5. The highest BCUT2D eigenvalue weighted by atomic mass is 16.4. The third-order valence-corrected chi connectivity index (χ3v) is 10.2. The molecule has 2 rings (SSSR count). The van der Waals surface area contributed by atoms with E-state index >= 15 is 0 Å². The van der Waals surface area contributed by atoms with E-state index in [9.17, 15) is 88.8 Å². The van der Waals surface area contributed by atoms with Crippen molar-refractivity contribution in [2.24, 2.45) is 0 Å². The molecule has 0 aliphatic carbocycles. The van der Waals surface area contributed by atoms with E-state index in [1.165, 1.54) is 19.6 Å². The van der Waals surface area contributed by atoms with E-state index in [-0.39, 0.29) is 91.0 Å². The van der Waals surface area contributed by atoms with Crippen LogP contribution in [0.1, 0.15) is 38.5 Å². The van der Waals surface area contributed by atoms with Gasteiger partial charge in [0.05, 0.1) is 48.9 Å². The Labute approximate surface area is 343 Å². The summed E-state index contributed by atoms with van der Waals surface area (Å²) in [6.45, 7) is -7.89. The van der Waals surface area contributed by atoms with Crippen LogP contribution in [-0.4, -0.2) is 221 Å². The SMILES string of the molecule is O=C([O-])CN1CCN(CC(=O)[O-])CC(CCC(=O)CCCNC(=O)CCC2(N(CC(=O)[O-])CC(=O)O)CN(CC(=O)[O-])CCN(CC(=O)[O-])C2)(N(CC(=O)[O-])CC(=O)O)C1. The number of carboxylic acids is 8. The van der Waals surface area contributed by atoms with Crippen LogP contribution in [0.2, 0.25) is 0 Å². The minimum absolute atomic E-state index is 0.0306. The molecule has 2 saturated heterocycles. The number of hydrogen-bond acceptors (Lipinski definition) is 22. The van der Waals surface area contributed by atoms with Crippen LogP contribution in [-0.2, 0) is 47.9 Å². The third-order valence-electron chi connectivity index (χ3n) is 10.2. The molecule has 0 aromatic rings. The van der Waals surface area contributed by atoms with Gasteiger partial charge in [0.2, 0.25) is 5.91 Å². The van der Waals surface area contributed by atoms with Crippen molar-refractivity contribution >= 4 is 59.4 Å². The zero-order valence-corrected chi connectivity index (χ0v) is 32.9. The van der Waals surface area contributed by atoms with E-state index in [0.717, 1.165) is 9.80 Å². The summed E-state index contributed by atoms with van der Waals surface area (Å²) < 4.78 is 0. The first-order valence-electron chi connectivity index (χ1n) is 18.8. The molecular formula is C35H49N7O18-6. The Morgan fingerprint density at radius 1 is 0.483 bits per heavy atom. The Morgan fingerprint density at radius 2 is 0.817 bits per heavy atom. The summed E-state index contributed by atoms with van der Waals surface area (Å²) in [6.07, 6.45) is -1.42. The molecule has 338 valence electrons. The molecule has 0 spiro atoms. The van der Waals surface area contributed by atoms with Gasteiger partial charge in [0, 0.05) is 129 Å². The number of carbonyl (C=O) groups excluding carboxylic acids is 8. The topological polar surface area (TPSA) is 381 Å². The van der Waals surface area contributed by atoms with Crippen molar-refractivity contribution in [2.45, 2.75) is 49.6 Å². The van der Waals surface area contributed by atoms with Crippen LogP contribution in [0.25, 0.3) is 0 Å². The predicted octanol–water partition coefficient (Wildman–Crippen LogP) is -12.0. The molecule has 60 heavy (non-hydrogen) atoms. The summed E-state index contributed by atoms with van der Waals surface area (Å²) in [6, 6.07) is 0. The largest absolute Gasteiger partial charge is 0.549 e. The number of hydrogen-bond donors (Lipinski definition) is 3. The van der Waals surface area contributed by atoms with Gasteiger partial charge in [-0.15, -0.1) is 0 Å². The quantitative estimate of drug-likeness (QED) is 0.0615. The minimum Gasteiger partial charge on any atom is -0.549 e. The summed E-state index contributed by atoms with van der Waals surface area (Å²) in [5, 5.41) is 91.4. The van der Waals surface area contributed by atoms with E-state index < -0.39 is 129 Å². The number of carboxylic acid groups (broad SMARTS) is 8. The molecule has 0 aromatic carbocycles. The van der Waals surface area contributed by atoms with Gasteiger partial charge in [-0.2, -0.15) is 0 Å². The van der Waals surface area contributed by atoms with Crippen LogP contribution in [0, 0.1) is 0 Å². The molecule has 0 bridgehead atoms. The van der Waals surface area contributed by atoms with Crippen LogP contribution in [0.3, 0.4) is 0 Å². The average Bonchev–Trinajstić information content (AvgIpc) is 3.38. The van der Waals surface area contributed by atoms with Crippen molar-refractivity contribution < 1.29 is 88.8 Å². The lowest BCUT2D eigenvalue weighted by Crippen LogP contribution is -2.63. The van der Waals surface area contributed by atoms with Crippen LogP contribution in [0.15, 0.2) is 0 Å². The van der Waals surface area contributed by atoms with E-state index in [1.54, 1.807) is 0 Å². The fraction of sp³-hybridized carbons (Fsp3) is 0.714. The van der Waals surface area contributed by atoms with E-state index in [1.807, 2.05) is 0 Å². The first-order chi connectivity index (χ1) is 28.0. The standard InChI is InChI=1S/C35H55N7O18/c43-24(3-5-34(41(16-30(53)54)17-31(55)56)20-37(12-26(45)46)8-9-38(21-34)13-27(47)48)2-1-7-36-25(44)4-6-35(42(18-32(57)58)19-33(59)60)22-39(14-28(49)50)10-11-40(23-35)15-29(51)52/h1-23H2,(H,36,44)(H,45,46)(H,47,48)(H,49,50)(H,51,52)(H,53,54)(H,55,56)(H,57,58)(H,59,60)/p-6. The lowest BCUT2D eigenvalue weighted by atomic mass is 9.87. The molecule has 0 radical (unpaired) electrons. The lowest BCUT2D eigenvalue weighted by molar-refractivity contribution is -0.309. The molecule has 1 amide bonds. The van der Waals surface area contributed by atoms with Crippen molar-refractivity contribution in [3.05, 3.63) is 0 Å². The Bertz CT molecular complexity index is 1400. The van der Waals surface area contributed by atoms with E-state index in [0.29, 0.717) is 0 Å². The van der Waals surface area contributed by atoms with Crippen molar-refractivity contribution in [1.82, 2.24) is 34.7 Å². The van der Waals surface area contributed by atoms with Gasteiger partial charge in [0.25, 0.3) is 0 Å². The highest BCUT2D eigenvalue weighted by Crippen LogP contribution is 2.29. The number of nitrogens with zero attached hydrogens (tertiary/aromatic N) is 6. The monoisotopic (exact) mass is 855 g/mol. The minimum atomic E-state index is -1.70. The lowest BCUT2D eigenvalue weighted by Gasteiger charge is -2.46. The molecule has 2 fully saturated rings. The normalized spacial score (nSPS) is 17.6. The molecule has 25 nitrogen and oxygen atoms in total.